The van der Waals surface area contributed by atoms with E-state index in [1.165, 1.54) is 0 Å². The van der Waals surface area contributed by atoms with Gasteiger partial charge in [-0.15, -0.1) is 22.6 Å². The predicted octanol–water partition coefficient (Wildman–Crippen LogP) is 0.601. The van der Waals surface area contributed by atoms with Gasteiger partial charge >= 0.3 is 0 Å². The minimum absolute atomic E-state index is 0. The Morgan fingerprint density at radius 2 is 2.11 bits per heavy atom. The van der Waals surface area contributed by atoms with Crippen LogP contribution in [0.15, 0.2) is 0 Å². The molecular formula is C12H22ClN5O. The summed E-state index contributed by atoms with van der Waals surface area (Å²) in [5.74, 6) is 2.26. The van der Waals surface area contributed by atoms with Crippen LogP contribution < -0.4 is 11.1 Å². The fourth-order valence-electron chi connectivity index (χ4n) is 2.23. The molecule has 0 spiro atoms. The van der Waals surface area contributed by atoms with Crippen LogP contribution in [0.3, 0.4) is 0 Å². The molecule has 0 aliphatic carbocycles. The first-order valence-electron chi connectivity index (χ1n) is 6.47. The molecule has 108 valence electrons. The molecule has 1 aliphatic rings. The lowest BCUT2D eigenvalue weighted by atomic mass is 10.1. The highest BCUT2D eigenvalue weighted by Crippen LogP contribution is 2.19. The van der Waals surface area contributed by atoms with Crippen LogP contribution in [0.5, 0.6) is 0 Å². The summed E-state index contributed by atoms with van der Waals surface area (Å²) in [7, 11) is 0. The van der Waals surface area contributed by atoms with E-state index in [1.807, 2.05) is 0 Å². The van der Waals surface area contributed by atoms with Gasteiger partial charge in [0.25, 0.3) is 0 Å². The van der Waals surface area contributed by atoms with Gasteiger partial charge in [0.2, 0.25) is 5.91 Å². The van der Waals surface area contributed by atoms with Crippen LogP contribution in [0.1, 0.15) is 44.8 Å². The molecule has 0 aromatic carbocycles. The largest absolute Gasteiger partial charge is 0.350 e. The van der Waals surface area contributed by atoms with Gasteiger partial charge in [0.05, 0.1) is 6.04 Å². The number of rotatable bonds is 3. The van der Waals surface area contributed by atoms with E-state index in [0.29, 0.717) is 5.92 Å². The Kier molecular flexibility index (Phi) is 5.31. The van der Waals surface area contributed by atoms with Crippen molar-refractivity contribution in [1.29, 1.82) is 0 Å². The summed E-state index contributed by atoms with van der Waals surface area (Å²) in [5, 5.41) is 11.4. The standard InChI is InChI=1S/C12H21N5O.ClH/c1-7(2)11-16-15-10-5-4-9(6-17(10)11)14-12(18)8(3)13;/h7-9H,4-6,13H2,1-3H3,(H,14,18);1H/t8-,9?;/m1./s1. The third-order valence-electron chi connectivity index (χ3n) is 3.25. The van der Waals surface area contributed by atoms with Crippen molar-refractivity contribution in [3.8, 4) is 0 Å². The normalized spacial score (nSPS) is 19.5. The van der Waals surface area contributed by atoms with E-state index in [4.69, 9.17) is 5.73 Å². The number of aromatic nitrogens is 3. The van der Waals surface area contributed by atoms with Crippen LogP contribution in [-0.4, -0.2) is 32.8 Å². The summed E-state index contributed by atoms with van der Waals surface area (Å²) in [6.07, 6.45) is 1.75. The number of carbonyl (C=O) groups excluding carboxylic acids is 1. The zero-order chi connectivity index (χ0) is 13.3. The van der Waals surface area contributed by atoms with E-state index in [2.05, 4.69) is 33.9 Å². The molecule has 2 atom stereocenters. The van der Waals surface area contributed by atoms with E-state index in [9.17, 15) is 4.79 Å². The molecule has 3 N–H and O–H groups in total. The molecule has 7 heteroatoms. The van der Waals surface area contributed by atoms with E-state index >= 15 is 0 Å². The van der Waals surface area contributed by atoms with Crippen LogP contribution in [0, 0.1) is 0 Å². The van der Waals surface area contributed by atoms with Crippen molar-refractivity contribution in [2.24, 2.45) is 5.73 Å². The Bertz CT molecular complexity index is 443. The van der Waals surface area contributed by atoms with Gasteiger partial charge in [-0.25, -0.2) is 0 Å². The number of carbonyl (C=O) groups is 1. The van der Waals surface area contributed by atoms with Crippen molar-refractivity contribution >= 4 is 18.3 Å². The third kappa shape index (κ3) is 3.45. The van der Waals surface area contributed by atoms with Crippen LogP contribution >= 0.6 is 12.4 Å². The van der Waals surface area contributed by atoms with Gasteiger partial charge in [0, 0.05) is 24.9 Å². The molecule has 0 bridgehead atoms. The van der Waals surface area contributed by atoms with Crippen molar-refractivity contribution in [2.75, 3.05) is 0 Å². The number of amides is 1. The third-order valence-corrected chi connectivity index (χ3v) is 3.25. The number of halogens is 1. The van der Waals surface area contributed by atoms with Gasteiger partial charge in [0.15, 0.2) is 0 Å². The summed E-state index contributed by atoms with van der Waals surface area (Å²) in [4.78, 5) is 11.6. The maximum atomic E-state index is 11.6. The van der Waals surface area contributed by atoms with Crippen molar-refractivity contribution < 1.29 is 4.79 Å². The molecule has 2 heterocycles. The van der Waals surface area contributed by atoms with Crippen LogP contribution in [0.2, 0.25) is 0 Å². The molecule has 1 aromatic heterocycles. The Morgan fingerprint density at radius 3 is 2.68 bits per heavy atom. The Morgan fingerprint density at radius 1 is 1.42 bits per heavy atom. The SMILES string of the molecule is CC(C)c1nnc2n1CC(NC(=O)[C@@H](C)N)CC2.Cl. The van der Waals surface area contributed by atoms with E-state index in [1.54, 1.807) is 6.92 Å². The number of fused-ring (bicyclic) bond motifs is 1. The summed E-state index contributed by atoms with van der Waals surface area (Å²) >= 11 is 0. The zero-order valence-electron chi connectivity index (χ0n) is 11.6. The quantitative estimate of drug-likeness (QED) is 0.852. The van der Waals surface area contributed by atoms with Crippen LogP contribution in [0.4, 0.5) is 0 Å². The van der Waals surface area contributed by atoms with Gasteiger partial charge in [-0.3, -0.25) is 4.79 Å². The van der Waals surface area contributed by atoms with E-state index in [-0.39, 0.29) is 24.4 Å². The monoisotopic (exact) mass is 287 g/mol. The number of aryl methyl sites for hydroxylation is 1. The number of nitrogens with two attached hydrogens (primary N) is 1. The molecule has 6 nitrogen and oxygen atoms in total. The fraction of sp³-hybridized carbons (Fsp3) is 0.750. The summed E-state index contributed by atoms with van der Waals surface area (Å²) in [5.41, 5.74) is 5.56. The molecule has 0 saturated carbocycles. The molecule has 1 unspecified atom stereocenters. The molecule has 0 fully saturated rings. The summed E-state index contributed by atoms with van der Waals surface area (Å²) in [6, 6.07) is -0.332. The lowest BCUT2D eigenvalue weighted by molar-refractivity contribution is -0.122. The highest BCUT2D eigenvalue weighted by Gasteiger charge is 2.25. The topological polar surface area (TPSA) is 85.8 Å². The van der Waals surface area contributed by atoms with E-state index < -0.39 is 6.04 Å². The molecule has 2 rings (SSSR count). The van der Waals surface area contributed by atoms with Gasteiger partial charge < -0.3 is 15.6 Å². The van der Waals surface area contributed by atoms with Crippen LogP contribution in [0.25, 0.3) is 0 Å². The highest BCUT2D eigenvalue weighted by atomic mass is 35.5. The second-order valence-corrected chi connectivity index (χ2v) is 5.27. The Balaban J connectivity index is 0.00000180. The van der Waals surface area contributed by atoms with Gasteiger partial charge in [-0.1, -0.05) is 13.8 Å². The lowest BCUT2D eigenvalue weighted by Crippen LogP contribution is -2.47. The van der Waals surface area contributed by atoms with Crippen molar-refractivity contribution in [1.82, 2.24) is 20.1 Å². The number of hydrogen-bond donors (Lipinski definition) is 2. The Hall–Kier alpha value is -1.14. The Labute approximate surface area is 119 Å². The van der Waals surface area contributed by atoms with Gasteiger partial charge in [-0.2, -0.15) is 0 Å². The average molecular weight is 288 g/mol. The highest BCUT2D eigenvalue weighted by molar-refractivity contribution is 5.85. The molecule has 19 heavy (non-hydrogen) atoms. The van der Waals surface area contributed by atoms with Crippen molar-refractivity contribution in [3.63, 3.8) is 0 Å². The molecule has 1 aliphatic heterocycles. The molecular weight excluding hydrogens is 266 g/mol. The lowest BCUT2D eigenvalue weighted by Gasteiger charge is -2.26. The first-order valence-corrected chi connectivity index (χ1v) is 6.47. The van der Waals surface area contributed by atoms with Gasteiger partial charge in [0.1, 0.15) is 11.6 Å². The second kappa shape index (κ2) is 6.34. The molecule has 1 amide bonds. The summed E-state index contributed by atoms with van der Waals surface area (Å²) in [6.45, 7) is 6.64. The average Bonchev–Trinajstić information content (AvgIpc) is 2.71. The van der Waals surface area contributed by atoms with Gasteiger partial charge in [-0.05, 0) is 13.3 Å². The smallest absolute Gasteiger partial charge is 0.236 e. The minimum atomic E-state index is -0.461. The van der Waals surface area contributed by atoms with Crippen molar-refractivity contribution in [2.45, 2.75) is 58.2 Å². The van der Waals surface area contributed by atoms with E-state index in [0.717, 1.165) is 31.0 Å². The summed E-state index contributed by atoms with van der Waals surface area (Å²) < 4.78 is 2.13. The number of hydrogen-bond acceptors (Lipinski definition) is 4. The molecule has 1 aromatic rings. The minimum Gasteiger partial charge on any atom is -0.350 e. The molecule has 0 radical (unpaired) electrons. The maximum absolute atomic E-state index is 11.6. The number of nitrogens with one attached hydrogen (secondary N) is 1. The fourth-order valence-corrected chi connectivity index (χ4v) is 2.23. The van der Waals surface area contributed by atoms with Crippen molar-refractivity contribution in [3.05, 3.63) is 11.6 Å². The predicted molar refractivity (Wildman–Crippen MR) is 75.3 cm³/mol. The first kappa shape index (κ1) is 15.9. The zero-order valence-corrected chi connectivity index (χ0v) is 12.4. The first-order chi connectivity index (χ1) is 8.49. The second-order valence-electron chi connectivity index (χ2n) is 5.27. The number of nitrogens with zero attached hydrogens (tertiary/aromatic N) is 3. The maximum Gasteiger partial charge on any atom is 0.236 e. The molecule has 0 saturated heterocycles. The van der Waals surface area contributed by atoms with Crippen LogP contribution in [-0.2, 0) is 17.8 Å².